The van der Waals surface area contributed by atoms with Crippen LogP contribution in [0.2, 0.25) is 0 Å². The van der Waals surface area contributed by atoms with Gasteiger partial charge in [0.2, 0.25) is 0 Å². The molecule has 0 radical (unpaired) electrons. The molecule has 0 aliphatic carbocycles. The predicted octanol–water partition coefficient (Wildman–Crippen LogP) is 2.21. The van der Waals surface area contributed by atoms with Gasteiger partial charge in [-0.05, 0) is 37.3 Å². The standard InChI is InChI=1S/C16H21NO2S/c1-4-14(11-20-3)17-16(19)15-8-7-12(2)10-13(15)6-5-9-18/h7-8,10,14,18H,4,9,11H2,1-3H3,(H,17,19). The topological polar surface area (TPSA) is 49.3 Å². The second-order valence-electron chi connectivity index (χ2n) is 4.54. The smallest absolute Gasteiger partial charge is 0.252 e. The average Bonchev–Trinajstić information content (AvgIpc) is 2.44. The summed E-state index contributed by atoms with van der Waals surface area (Å²) in [5, 5.41) is 11.8. The van der Waals surface area contributed by atoms with Gasteiger partial charge in [0.15, 0.2) is 0 Å². The number of amides is 1. The van der Waals surface area contributed by atoms with Crippen molar-refractivity contribution < 1.29 is 9.90 Å². The Morgan fingerprint density at radius 3 is 2.85 bits per heavy atom. The van der Waals surface area contributed by atoms with E-state index < -0.39 is 0 Å². The monoisotopic (exact) mass is 291 g/mol. The molecular formula is C16H21NO2S. The third-order valence-corrected chi connectivity index (χ3v) is 3.65. The van der Waals surface area contributed by atoms with Crippen molar-refractivity contribution in [2.24, 2.45) is 0 Å². The number of hydrogen-bond donors (Lipinski definition) is 2. The van der Waals surface area contributed by atoms with E-state index in [9.17, 15) is 4.79 Å². The van der Waals surface area contributed by atoms with Crippen molar-refractivity contribution in [3.63, 3.8) is 0 Å². The van der Waals surface area contributed by atoms with E-state index in [4.69, 9.17) is 5.11 Å². The number of aliphatic hydroxyl groups is 1. The summed E-state index contributed by atoms with van der Waals surface area (Å²) in [6, 6.07) is 5.72. The van der Waals surface area contributed by atoms with Crippen LogP contribution < -0.4 is 5.32 Å². The Kier molecular flexibility index (Phi) is 7.21. The molecule has 0 spiro atoms. The van der Waals surface area contributed by atoms with E-state index in [-0.39, 0.29) is 18.6 Å². The van der Waals surface area contributed by atoms with Crippen molar-refractivity contribution in [2.45, 2.75) is 26.3 Å². The molecule has 0 aromatic heterocycles. The van der Waals surface area contributed by atoms with Crippen molar-refractivity contribution in [2.75, 3.05) is 18.6 Å². The Morgan fingerprint density at radius 2 is 2.25 bits per heavy atom. The molecule has 0 aliphatic rings. The van der Waals surface area contributed by atoms with Crippen LogP contribution in [0.3, 0.4) is 0 Å². The van der Waals surface area contributed by atoms with Crippen LogP contribution in [0.4, 0.5) is 0 Å². The van der Waals surface area contributed by atoms with Gasteiger partial charge in [0.05, 0.1) is 5.56 Å². The number of rotatable bonds is 5. The molecule has 1 atom stereocenters. The Hall–Kier alpha value is -1.44. The zero-order chi connectivity index (χ0) is 15.0. The van der Waals surface area contributed by atoms with Gasteiger partial charge in [-0.3, -0.25) is 4.79 Å². The Morgan fingerprint density at radius 1 is 1.50 bits per heavy atom. The van der Waals surface area contributed by atoms with Crippen molar-refractivity contribution in [1.29, 1.82) is 0 Å². The van der Waals surface area contributed by atoms with Gasteiger partial charge in [-0.25, -0.2) is 0 Å². The lowest BCUT2D eigenvalue weighted by atomic mass is 10.0. The summed E-state index contributed by atoms with van der Waals surface area (Å²) in [7, 11) is 0. The molecule has 1 unspecified atom stereocenters. The predicted molar refractivity (Wildman–Crippen MR) is 85.1 cm³/mol. The molecule has 1 aromatic rings. The van der Waals surface area contributed by atoms with Gasteiger partial charge in [0.25, 0.3) is 5.91 Å². The van der Waals surface area contributed by atoms with Crippen LogP contribution in [-0.2, 0) is 0 Å². The fraction of sp³-hybridized carbons (Fsp3) is 0.438. The van der Waals surface area contributed by atoms with Gasteiger partial charge >= 0.3 is 0 Å². The Balaban J connectivity index is 2.97. The van der Waals surface area contributed by atoms with E-state index in [1.165, 1.54) is 0 Å². The van der Waals surface area contributed by atoms with Gasteiger partial charge in [0.1, 0.15) is 6.61 Å². The maximum atomic E-state index is 12.3. The summed E-state index contributed by atoms with van der Waals surface area (Å²) < 4.78 is 0. The summed E-state index contributed by atoms with van der Waals surface area (Å²) in [5.74, 6) is 6.23. The summed E-state index contributed by atoms with van der Waals surface area (Å²) in [4.78, 5) is 12.3. The van der Waals surface area contributed by atoms with Crippen LogP contribution in [0.5, 0.6) is 0 Å². The summed E-state index contributed by atoms with van der Waals surface area (Å²) in [6.45, 7) is 3.80. The third-order valence-electron chi connectivity index (χ3n) is 2.92. The first-order chi connectivity index (χ1) is 9.62. The number of benzene rings is 1. The summed E-state index contributed by atoms with van der Waals surface area (Å²) >= 11 is 1.72. The van der Waals surface area contributed by atoms with Crippen LogP contribution in [0.25, 0.3) is 0 Å². The molecule has 4 heteroatoms. The van der Waals surface area contributed by atoms with E-state index in [2.05, 4.69) is 24.1 Å². The number of aliphatic hydroxyl groups excluding tert-OH is 1. The zero-order valence-electron chi connectivity index (χ0n) is 12.2. The Bertz CT molecular complexity index is 517. The first-order valence-electron chi connectivity index (χ1n) is 6.62. The third kappa shape index (κ3) is 4.92. The highest BCUT2D eigenvalue weighted by Crippen LogP contribution is 2.12. The van der Waals surface area contributed by atoms with Crippen LogP contribution in [0.15, 0.2) is 18.2 Å². The molecule has 1 rings (SSSR count). The number of aryl methyl sites for hydroxylation is 1. The van der Waals surface area contributed by atoms with Gasteiger partial charge < -0.3 is 10.4 Å². The van der Waals surface area contributed by atoms with Crippen LogP contribution in [0.1, 0.15) is 34.8 Å². The summed E-state index contributed by atoms with van der Waals surface area (Å²) in [5.41, 5.74) is 2.27. The van der Waals surface area contributed by atoms with Crippen molar-refractivity contribution in [3.8, 4) is 11.8 Å². The summed E-state index contributed by atoms with van der Waals surface area (Å²) in [6.07, 6.45) is 2.93. The highest BCUT2D eigenvalue weighted by atomic mass is 32.2. The lowest BCUT2D eigenvalue weighted by molar-refractivity contribution is 0.0940. The molecule has 108 valence electrons. The quantitative estimate of drug-likeness (QED) is 0.818. The fourth-order valence-electron chi connectivity index (χ4n) is 1.82. The number of thioether (sulfide) groups is 1. The zero-order valence-corrected chi connectivity index (χ0v) is 13.0. The van der Waals surface area contributed by atoms with E-state index in [1.54, 1.807) is 17.8 Å². The molecule has 2 N–H and O–H groups in total. The molecular weight excluding hydrogens is 270 g/mol. The molecule has 1 aromatic carbocycles. The minimum absolute atomic E-state index is 0.104. The van der Waals surface area contributed by atoms with Gasteiger partial charge in [-0.2, -0.15) is 11.8 Å². The largest absolute Gasteiger partial charge is 0.384 e. The number of nitrogens with one attached hydrogen (secondary N) is 1. The maximum absolute atomic E-state index is 12.3. The first-order valence-corrected chi connectivity index (χ1v) is 8.01. The van der Waals surface area contributed by atoms with E-state index in [1.807, 2.05) is 25.3 Å². The van der Waals surface area contributed by atoms with Gasteiger partial charge in [-0.1, -0.05) is 24.8 Å². The minimum Gasteiger partial charge on any atom is -0.384 e. The number of carbonyl (C=O) groups is 1. The second kappa shape index (κ2) is 8.68. The fourth-order valence-corrected chi connectivity index (χ4v) is 2.54. The highest BCUT2D eigenvalue weighted by molar-refractivity contribution is 7.98. The van der Waals surface area contributed by atoms with E-state index >= 15 is 0 Å². The SMILES string of the molecule is CCC(CSC)NC(=O)c1ccc(C)cc1C#CCO. The molecule has 3 nitrogen and oxygen atoms in total. The van der Waals surface area contributed by atoms with Crippen LogP contribution in [0, 0.1) is 18.8 Å². The van der Waals surface area contributed by atoms with Gasteiger partial charge in [-0.15, -0.1) is 0 Å². The first kappa shape index (κ1) is 16.6. The normalized spacial score (nSPS) is 11.4. The lowest BCUT2D eigenvalue weighted by Crippen LogP contribution is -2.36. The molecule has 20 heavy (non-hydrogen) atoms. The second-order valence-corrected chi connectivity index (χ2v) is 5.45. The molecule has 1 amide bonds. The van der Waals surface area contributed by atoms with Crippen LogP contribution >= 0.6 is 11.8 Å². The van der Waals surface area contributed by atoms with Crippen molar-refractivity contribution in [3.05, 3.63) is 34.9 Å². The van der Waals surface area contributed by atoms with Gasteiger partial charge in [0, 0.05) is 17.4 Å². The Labute approximate surface area is 125 Å². The molecule has 0 saturated carbocycles. The van der Waals surface area contributed by atoms with E-state index in [0.29, 0.717) is 11.1 Å². The molecule has 0 heterocycles. The average molecular weight is 291 g/mol. The molecule has 0 aliphatic heterocycles. The number of hydrogen-bond acceptors (Lipinski definition) is 3. The molecule has 0 bridgehead atoms. The highest BCUT2D eigenvalue weighted by Gasteiger charge is 2.14. The van der Waals surface area contributed by atoms with Crippen molar-refractivity contribution >= 4 is 17.7 Å². The maximum Gasteiger partial charge on any atom is 0.252 e. The number of carbonyl (C=O) groups excluding carboxylic acids is 1. The molecule has 0 saturated heterocycles. The van der Waals surface area contributed by atoms with Crippen molar-refractivity contribution in [1.82, 2.24) is 5.32 Å². The minimum atomic E-state index is -0.209. The lowest BCUT2D eigenvalue weighted by Gasteiger charge is -2.16. The van der Waals surface area contributed by atoms with Crippen LogP contribution in [-0.4, -0.2) is 35.7 Å². The van der Waals surface area contributed by atoms with E-state index in [0.717, 1.165) is 17.7 Å². The molecule has 0 fully saturated rings.